The first-order chi connectivity index (χ1) is 9.95. The number of phenols is 1. The van der Waals surface area contributed by atoms with Crippen molar-refractivity contribution in [3.63, 3.8) is 0 Å². The summed E-state index contributed by atoms with van der Waals surface area (Å²) in [5.74, 6) is -0.145. The molecule has 1 aromatic heterocycles. The molecule has 0 fully saturated rings. The van der Waals surface area contributed by atoms with Crippen LogP contribution < -0.4 is 11.1 Å². The standard InChI is InChI=1S/C14H13BrClN3O2/c15-11-6-9(7-18-13(11)16)19-14(21)12(17)5-8-1-3-10(20)4-2-8/h1-4,6-7,12,20H,5,17H2,(H,19,21). The predicted octanol–water partition coefficient (Wildman–Crippen LogP) is 2.71. The zero-order valence-corrected chi connectivity index (χ0v) is 13.2. The molecule has 110 valence electrons. The summed E-state index contributed by atoms with van der Waals surface area (Å²) < 4.78 is 0.592. The van der Waals surface area contributed by atoms with Crippen molar-refractivity contribution >= 4 is 39.1 Å². The van der Waals surface area contributed by atoms with E-state index in [2.05, 4.69) is 26.2 Å². The Kier molecular flexibility index (Phi) is 5.17. The van der Waals surface area contributed by atoms with Gasteiger partial charge in [-0.05, 0) is 46.1 Å². The number of anilines is 1. The number of nitrogens with two attached hydrogens (primary N) is 1. The molecule has 0 aliphatic rings. The number of nitrogens with zero attached hydrogens (tertiary/aromatic N) is 1. The van der Waals surface area contributed by atoms with Crippen LogP contribution in [0.4, 0.5) is 5.69 Å². The number of aromatic nitrogens is 1. The van der Waals surface area contributed by atoms with Gasteiger partial charge in [0, 0.05) is 0 Å². The first-order valence-corrected chi connectivity index (χ1v) is 7.28. The molecule has 2 rings (SSSR count). The van der Waals surface area contributed by atoms with E-state index in [1.165, 1.54) is 6.20 Å². The third-order valence-electron chi connectivity index (χ3n) is 2.79. The molecule has 4 N–H and O–H groups in total. The van der Waals surface area contributed by atoms with Gasteiger partial charge in [0.2, 0.25) is 5.91 Å². The van der Waals surface area contributed by atoms with Crippen molar-refractivity contribution in [2.24, 2.45) is 5.73 Å². The maximum absolute atomic E-state index is 12.0. The van der Waals surface area contributed by atoms with E-state index in [4.69, 9.17) is 17.3 Å². The molecule has 1 atom stereocenters. The molecule has 7 heteroatoms. The number of nitrogens with one attached hydrogen (secondary N) is 1. The highest BCUT2D eigenvalue weighted by atomic mass is 79.9. The quantitative estimate of drug-likeness (QED) is 0.722. The lowest BCUT2D eigenvalue weighted by atomic mass is 10.1. The lowest BCUT2D eigenvalue weighted by molar-refractivity contribution is -0.117. The van der Waals surface area contributed by atoms with Gasteiger partial charge in [0.1, 0.15) is 10.9 Å². The number of halogens is 2. The third kappa shape index (κ3) is 4.42. The second kappa shape index (κ2) is 6.89. The summed E-state index contributed by atoms with van der Waals surface area (Å²) in [6.45, 7) is 0. The van der Waals surface area contributed by atoms with E-state index >= 15 is 0 Å². The first kappa shape index (κ1) is 15.8. The Morgan fingerprint density at radius 2 is 2.10 bits per heavy atom. The van der Waals surface area contributed by atoms with E-state index in [-0.39, 0.29) is 11.7 Å². The van der Waals surface area contributed by atoms with Crippen molar-refractivity contribution in [2.75, 3.05) is 5.32 Å². The van der Waals surface area contributed by atoms with Crippen LogP contribution in [0.15, 0.2) is 41.0 Å². The van der Waals surface area contributed by atoms with E-state index < -0.39 is 6.04 Å². The molecule has 1 amide bonds. The van der Waals surface area contributed by atoms with Crippen LogP contribution >= 0.6 is 27.5 Å². The van der Waals surface area contributed by atoms with Crippen LogP contribution in [0.3, 0.4) is 0 Å². The van der Waals surface area contributed by atoms with Gasteiger partial charge >= 0.3 is 0 Å². The molecular formula is C14H13BrClN3O2. The van der Waals surface area contributed by atoms with Crippen molar-refractivity contribution in [3.8, 4) is 5.75 Å². The van der Waals surface area contributed by atoms with Gasteiger partial charge in [-0.3, -0.25) is 4.79 Å². The number of pyridine rings is 1. The van der Waals surface area contributed by atoms with Crippen molar-refractivity contribution in [3.05, 3.63) is 51.7 Å². The van der Waals surface area contributed by atoms with Gasteiger partial charge in [-0.2, -0.15) is 0 Å². The van der Waals surface area contributed by atoms with Gasteiger partial charge in [-0.25, -0.2) is 4.98 Å². The molecule has 0 radical (unpaired) electrons. The Morgan fingerprint density at radius 3 is 2.71 bits per heavy atom. The van der Waals surface area contributed by atoms with Crippen LogP contribution in [-0.4, -0.2) is 22.0 Å². The molecule has 0 aliphatic heterocycles. The molecular weight excluding hydrogens is 358 g/mol. The molecule has 0 saturated heterocycles. The number of aromatic hydroxyl groups is 1. The average molecular weight is 371 g/mol. The maximum atomic E-state index is 12.0. The number of hydrogen-bond donors (Lipinski definition) is 3. The predicted molar refractivity (Wildman–Crippen MR) is 85.4 cm³/mol. The Balaban J connectivity index is 1.98. The lowest BCUT2D eigenvalue weighted by Crippen LogP contribution is -2.37. The highest BCUT2D eigenvalue weighted by molar-refractivity contribution is 9.10. The number of carbonyl (C=O) groups excluding carboxylic acids is 1. The summed E-state index contributed by atoms with van der Waals surface area (Å²) in [4.78, 5) is 15.9. The second-order valence-electron chi connectivity index (χ2n) is 4.46. The van der Waals surface area contributed by atoms with Crippen LogP contribution in [0.2, 0.25) is 5.15 Å². The Bertz CT molecular complexity index is 649. The maximum Gasteiger partial charge on any atom is 0.241 e. The van der Waals surface area contributed by atoms with E-state index in [9.17, 15) is 9.90 Å². The van der Waals surface area contributed by atoms with E-state index in [1.807, 2.05) is 0 Å². The van der Waals surface area contributed by atoms with E-state index in [0.717, 1.165) is 5.56 Å². The van der Waals surface area contributed by atoms with E-state index in [0.29, 0.717) is 21.7 Å². The van der Waals surface area contributed by atoms with Gasteiger partial charge in [-0.15, -0.1) is 0 Å². The highest BCUT2D eigenvalue weighted by Crippen LogP contribution is 2.23. The number of amides is 1. The van der Waals surface area contributed by atoms with Crippen molar-refractivity contribution in [1.29, 1.82) is 0 Å². The molecule has 0 saturated carbocycles. The molecule has 1 aromatic carbocycles. The number of benzene rings is 1. The fourth-order valence-electron chi connectivity index (χ4n) is 1.70. The highest BCUT2D eigenvalue weighted by Gasteiger charge is 2.15. The average Bonchev–Trinajstić information content (AvgIpc) is 2.45. The number of carbonyl (C=O) groups is 1. The Hall–Kier alpha value is -1.63. The monoisotopic (exact) mass is 369 g/mol. The topological polar surface area (TPSA) is 88.2 Å². The summed E-state index contributed by atoms with van der Waals surface area (Å²) >= 11 is 9.02. The van der Waals surface area contributed by atoms with Crippen molar-refractivity contribution < 1.29 is 9.90 Å². The van der Waals surface area contributed by atoms with Gasteiger partial charge < -0.3 is 16.2 Å². The minimum Gasteiger partial charge on any atom is -0.508 e. The largest absolute Gasteiger partial charge is 0.508 e. The number of hydrogen-bond acceptors (Lipinski definition) is 4. The van der Waals surface area contributed by atoms with Gasteiger partial charge in [0.05, 0.1) is 22.4 Å². The van der Waals surface area contributed by atoms with Crippen LogP contribution in [0.5, 0.6) is 5.75 Å². The second-order valence-corrected chi connectivity index (χ2v) is 5.68. The summed E-state index contributed by atoms with van der Waals surface area (Å²) in [6, 6.07) is 7.51. The van der Waals surface area contributed by atoms with Gasteiger partial charge in [0.15, 0.2) is 0 Å². The smallest absolute Gasteiger partial charge is 0.241 e. The van der Waals surface area contributed by atoms with Crippen LogP contribution in [0.1, 0.15) is 5.56 Å². The number of phenolic OH excluding ortho intramolecular Hbond substituents is 1. The van der Waals surface area contributed by atoms with Crippen molar-refractivity contribution in [2.45, 2.75) is 12.5 Å². The molecule has 5 nitrogen and oxygen atoms in total. The zero-order chi connectivity index (χ0) is 15.4. The third-order valence-corrected chi connectivity index (χ3v) is 3.93. The molecule has 1 unspecified atom stereocenters. The van der Waals surface area contributed by atoms with Gasteiger partial charge in [0.25, 0.3) is 0 Å². The molecule has 0 aliphatic carbocycles. The summed E-state index contributed by atoms with van der Waals surface area (Å²) in [5, 5.41) is 12.2. The summed E-state index contributed by atoms with van der Waals surface area (Å²) in [5.41, 5.74) is 7.25. The van der Waals surface area contributed by atoms with Crippen molar-refractivity contribution in [1.82, 2.24) is 4.98 Å². The Labute approximate surface area is 135 Å². The SMILES string of the molecule is NC(Cc1ccc(O)cc1)C(=O)Nc1cnc(Cl)c(Br)c1. The van der Waals surface area contributed by atoms with Crippen LogP contribution in [0, 0.1) is 0 Å². The minimum absolute atomic E-state index is 0.175. The normalized spacial score (nSPS) is 12.0. The fraction of sp³-hybridized carbons (Fsp3) is 0.143. The van der Waals surface area contributed by atoms with Crippen LogP contribution in [-0.2, 0) is 11.2 Å². The molecule has 2 aromatic rings. The Morgan fingerprint density at radius 1 is 1.43 bits per heavy atom. The summed E-state index contributed by atoms with van der Waals surface area (Å²) in [7, 11) is 0. The summed E-state index contributed by atoms with van der Waals surface area (Å²) in [6.07, 6.45) is 1.83. The minimum atomic E-state index is -0.705. The van der Waals surface area contributed by atoms with Crippen LogP contribution in [0.25, 0.3) is 0 Å². The molecule has 1 heterocycles. The molecule has 0 spiro atoms. The lowest BCUT2D eigenvalue weighted by Gasteiger charge is -2.12. The molecule has 0 bridgehead atoms. The number of rotatable bonds is 4. The molecule has 21 heavy (non-hydrogen) atoms. The fourth-order valence-corrected chi connectivity index (χ4v) is 2.16. The zero-order valence-electron chi connectivity index (χ0n) is 10.9. The first-order valence-electron chi connectivity index (χ1n) is 6.11. The van der Waals surface area contributed by atoms with E-state index in [1.54, 1.807) is 30.3 Å². The van der Waals surface area contributed by atoms with Gasteiger partial charge in [-0.1, -0.05) is 23.7 Å².